The van der Waals surface area contributed by atoms with Crippen molar-refractivity contribution in [2.45, 2.75) is 19.3 Å². The van der Waals surface area contributed by atoms with Gasteiger partial charge in [0.25, 0.3) is 0 Å². The minimum Gasteiger partial charge on any atom is -0.383 e. The molecule has 0 radical (unpaired) electrons. The Hall–Kier alpha value is -2.12. The number of nitrogens with zero attached hydrogens (tertiary/aromatic N) is 3. The standard InChI is InChI=1S/C19H24ClN3O4/c1-27-10-9-21(19(26)14-3-2-4-14)11-17(24)22-12-18(25)23(13-22)16-7-5-15(20)6-8-16/h5-8,14H,2-4,9-13H2,1H3. The largest absolute Gasteiger partial charge is 0.383 e. The van der Waals surface area contributed by atoms with Crippen LogP contribution in [-0.2, 0) is 19.1 Å². The third-order valence-electron chi connectivity index (χ3n) is 5.09. The molecule has 1 aromatic rings. The first kappa shape index (κ1) is 19.6. The summed E-state index contributed by atoms with van der Waals surface area (Å²) in [4.78, 5) is 42.2. The van der Waals surface area contributed by atoms with Gasteiger partial charge < -0.3 is 14.5 Å². The summed E-state index contributed by atoms with van der Waals surface area (Å²) in [6.07, 6.45) is 2.81. The monoisotopic (exact) mass is 393 g/mol. The number of ether oxygens (including phenoxy) is 1. The van der Waals surface area contributed by atoms with Gasteiger partial charge in [-0.3, -0.25) is 19.3 Å². The number of rotatable bonds is 7. The van der Waals surface area contributed by atoms with E-state index in [1.54, 1.807) is 41.2 Å². The molecule has 8 heteroatoms. The van der Waals surface area contributed by atoms with E-state index in [1.165, 1.54) is 4.90 Å². The zero-order chi connectivity index (χ0) is 19.4. The Morgan fingerprint density at radius 1 is 1.26 bits per heavy atom. The van der Waals surface area contributed by atoms with Gasteiger partial charge in [-0.25, -0.2) is 0 Å². The molecule has 146 valence electrons. The van der Waals surface area contributed by atoms with E-state index < -0.39 is 0 Å². The average Bonchev–Trinajstić information content (AvgIpc) is 2.99. The zero-order valence-electron chi connectivity index (χ0n) is 15.4. The van der Waals surface area contributed by atoms with Crippen molar-refractivity contribution in [3.63, 3.8) is 0 Å². The molecule has 1 aliphatic carbocycles. The van der Waals surface area contributed by atoms with E-state index in [9.17, 15) is 14.4 Å². The second-order valence-electron chi connectivity index (χ2n) is 6.91. The molecule has 3 rings (SSSR count). The highest BCUT2D eigenvalue weighted by molar-refractivity contribution is 6.30. The van der Waals surface area contributed by atoms with Crippen molar-refractivity contribution in [1.29, 1.82) is 0 Å². The summed E-state index contributed by atoms with van der Waals surface area (Å²) in [6, 6.07) is 6.91. The number of hydrogen-bond donors (Lipinski definition) is 0. The van der Waals surface area contributed by atoms with Gasteiger partial charge in [-0.15, -0.1) is 0 Å². The molecular formula is C19H24ClN3O4. The number of amides is 3. The Morgan fingerprint density at radius 3 is 2.56 bits per heavy atom. The Balaban J connectivity index is 1.62. The van der Waals surface area contributed by atoms with E-state index in [2.05, 4.69) is 0 Å². The summed E-state index contributed by atoms with van der Waals surface area (Å²) < 4.78 is 5.07. The molecule has 2 fully saturated rings. The summed E-state index contributed by atoms with van der Waals surface area (Å²) >= 11 is 5.89. The minimum absolute atomic E-state index is 0.00623. The maximum absolute atomic E-state index is 12.7. The first-order valence-corrected chi connectivity index (χ1v) is 9.49. The Morgan fingerprint density at radius 2 is 1.96 bits per heavy atom. The quantitative estimate of drug-likeness (QED) is 0.707. The number of carbonyl (C=O) groups is 3. The van der Waals surface area contributed by atoms with Gasteiger partial charge in [0.2, 0.25) is 17.7 Å². The van der Waals surface area contributed by atoms with E-state index >= 15 is 0 Å². The van der Waals surface area contributed by atoms with Crippen LogP contribution in [0.5, 0.6) is 0 Å². The summed E-state index contributed by atoms with van der Waals surface area (Å²) in [5.74, 6) is -0.366. The van der Waals surface area contributed by atoms with Crippen LogP contribution in [0.3, 0.4) is 0 Å². The predicted octanol–water partition coefficient (Wildman–Crippen LogP) is 1.75. The van der Waals surface area contributed by atoms with Crippen molar-refractivity contribution in [3.05, 3.63) is 29.3 Å². The molecule has 1 aromatic carbocycles. The van der Waals surface area contributed by atoms with Gasteiger partial charge >= 0.3 is 0 Å². The molecular weight excluding hydrogens is 370 g/mol. The van der Waals surface area contributed by atoms with Gasteiger partial charge in [0.05, 0.1) is 13.2 Å². The van der Waals surface area contributed by atoms with Crippen molar-refractivity contribution >= 4 is 35.0 Å². The van der Waals surface area contributed by atoms with Crippen LogP contribution in [0.15, 0.2) is 24.3 Å². The molecule has 0 unspecified atom stereocenters. The van der Waals surface area contributed by atoms with Crippen molar-refractivity contribution in [3.8, 4) is 0 Å². The van der Waals surface area contributed by atoms with Crippen molar-refractivity contribution in [2.75, 3.05) is 44.9 Å². The van der Waals surface area contributed by atoms with E-state index in [4.69, 9.17) is 16.3 Å². The number of carbonyl (C=O) groups excluding carboxylic acids is 3. The van der Waals surface area contributed by atoms with Crippen LogP contribution in [0.1, 0.15) is 19.3 Å². The van der Waals surface area contributed by atoms with Crippen LogP contribution >= 0.6 is 11.6 Å². The molecule has 0 spiro atoms. The molecule has 2 aliphatic rings. The highest BCUT2D eigenvalue weighted by Crippen LogP contribution is 2.28. The van der Waals surface area contributed by atoms with Crippen molar-refractivity contribution in [2.24, 2.45) is 5.92 Å². The Bertz CT molecular complexity index is 705. The summed E-state index contributed by atoms with van der Waals surface area (Å²) in [5.41, 5.74) is 0.696. The maximum atomic E-state index is 12.7. The van der Waals surface area contributed by atoms with Crippen LogP contribution in [0.2, 0.25) is 5.02 Å². The highest BCUT2D eigenvalue weighted by Gasteiger charge is 2.35. The lowest BCUT2D eigenvalue weighted by atomic mass is 9.84. The van der Waals surface area contributed by atoms with E-state index in [-0.39, 0.29) is 43.4 Å². The van der Waals surface area contributed by atoms with Gasteiger partial charge in [-0.1, -0.05) is 18.0 Å². The number of benzene rings is 1. The lowest BCUT2D eigenvalue weighted by molar-refractivity contribution is -0.145. The van der Waals surface area contributed by atoms with Gasteiger partial charge in [0.1, 0.15) is 13.2 Å². The Labute approximate surface area is 163 Å². The molecule has 0 aromatic heterocycles. The normalized spacial score (nSPS) is 17.2. The number of methoxy groups -OCH3 is 1. The molecule has 0 N–H and O–H groups in total. The van der Waals surface area contributed by atoms with E-state index in [0.717, 1.165) is 19.3 Å². The molecule has 1 saturated heterocycles. The van der Waals surface area contributed by atoms with Crippen LogP contribution in [-0.4, -0.2) is 67.5 Å². The summed E-state index contributed by atoms with van der Waals surface area (Å²) in [6.45, 7) is 0.911. The van der Waals surface area contributed by atoms with Gasteiger partial charge in [-0.05, 0) is 37.1 Å². The minimum atomic E-state index is -0.233. The fourth-order valence-electron chi connectivity index (χ4n) is 3.21. The van der Waals surface area contributed by atoms with Crippen LogP contribution in [0.4, 0.5) is 5.69 Å². The lowest BCUT2D eigenvalue weighted by Gasteiger charge is -2.32. The average molecular weight is 394 g/mol. The first-order chi connectivity index (χ1) is 13.0. The summed E-state index contributed by atoms with van der Waals surface area (Å²) in [7, 11) is 1.57. The third-order valence-corrected chi connectivity index (χ3v) is 5.34. The zero-order valence-corrected chi connectivity index (χ0v) is 16.2. The van der Waals surface area contributed by atoms with E-state index in [1.807, 2.05) is 0 Å². The van der Waals surface area contributed by atoms with Gasteiger partial charge in [0.15, 0.2) is 0 Å². The number of anilines is 1. The lowest BCUT2D eigenvalue weighted by Crippen LogP contribution is -2.47. The smallest absolute Gasteiger partial charge is 0.248 e. The molecule has 7 nitrogen and oxygen atoms in total. The second-order valence-corrected chi connectivity index (χ2v) is 7.35. The van der Waals surface area contributed by atoms with Crippen molar-refractivity contribution < 1.29 is 19.1 Å². The van der Waals surface area contributed by atoms with Gasteiger partial charge in [-0.2, -0.15) is 0 Å². The topological polar surface area (TPSA) is 70.2 Å². The number of hydrogen-bond acceptors (Lipinski definition) is 4. The molecule has 27 heavy (non-hydrogen) atoms. The molecule has 1 saturated carbocycles. The van der Waals surface area contributed by atoms with Crippen molar-refractivity contribution in [1.82, 2.24) is 9.80 Å². The second kappa shape index (κ2) is 8.71. The van der Waals surface area contributed by atoms with Gasteiger partial charge in [0, 0.05) is 30.3 Å². The molecule has 0 bridgehead atoms. The number of halogens is 1. The Kier molecular flexibility index (Phi) is 6.34. The fourth-order valence-corrected chi connectivity index (χ4v) is 3.33. The SMILES string of the molecule is COCCN(CC(=O)N1CC(=O)N(c2ccc(Cl)cc2)C1)C(=O)C1CCC1. The van der Waals surface area contributed by atoms with E-state index in [0.29, 0.717) is 23.9 Å². The van der Waals surface area contributed by atoms with Crippen LogP contribution in [0.25, 0.3) is 0 Å². The van der Waals surface area contributed by atoms with Crippen LogP contribution in [0, 0.1) is 5.92 Å². The molecule has 0 atom stereocenters. The molecule has 1 aliphatic heterocycles. The summed E-state index contributed by atoms with van der Waals surface area (Å²) in [5, 5.41) is 0.585. The maximum Gasteiger partial charge on any atom is 0.248 e. The fraction of sp³-hybridized carbons (Fsp3) is 0.526. The molecule has 3 amide bonds. The van der Waals surface area contributed by atoms with Crippen LogP contribution < -0.4 is 4.90 Å². The third kappa shape index (κ3) is 4.59. The highest BCUT2D eigenvalue weighted by atomic mass is 35.5. The predicted molar refractivity (Wildman–Crippen MR) is 101 cm³/mol. The first-order valence-electron chi connectivity index (χ1n) is 9.11. The molecule has 1 heterocycles.